The zero-order chi connectivity index (χ0) is 21.3. The molecule has 3 rings (SSSR count). The molecule has 0 aliphatic carbocycles. The number of ether oxygens (including phenoxy) is 2. The van der Waals surface area contributed by atoms with Gasteiger partial charge in [-0.1, -0.05) is 13.0 Å². The second-order valence-electron chi connectivity index (χ2n) is 8.27. The van der Waals surface area contributed by atoms with E-state index in [-0.39, 0.29) is 18.1 Å². The minimum atomic E-state index is -0.555. The highest BCUT2D eigenvalue weighted by Crippen LogP contribution is 2.21. The molecule has 0 saturated carbocycles. The van der Waals surface area contributed by atoms with Crippen LogP contribution in [-0.2, 0) is 9.47 Å². The standard InChI is InChI=1S/C23H35F2N3O2/c1-3-26-23(27-15-17(2)21-8-7-18(24)14-22(21)25)28-11-9-19(10-12-28)30-16-20-6-4-5-13-29-20/h7-8,14,17,19-20H,3-6,9-13,15-16H2,1-2H3,(H,26,27). The number of benzene rings is 1. The van der Waals surface area contributed by atoms with E-state index < -0.39 is 11.6 Å². The molecule has 2 aliphatic heterocycles. The number of hydrogen-bond donors (Lipinski definition) is 1. The molecule has 2 aliphatic rings. The molecule has 0 amide bonds. The van der Waals surface area contributed by atoms with Gasteiger partial charge in [0.15, 0.2) is 5.96 Å². The van der Waals surface area contributed by atoms with Crippen molar-refractivity contribution in [2.45, 2.75) is 64.1 Å². The summed E-state index contributed by atoms with van der Waals surface area (Å²) in [6, 6.07) is 3.74. The Morgan fingerprint density at radius 2 is 2.07 bits per heavy atom. The van der Waals surface area contributed by atoms with Crippen molar-refractivity contribution < 1.29 is 18.3 Å². The third-order valence-electron chi connectivity index (χ3n) is 5.88. The fraction of sp³-hybridized carbons (Fsp3) is 0.696. The van der Waals surface area contributed by atoms with Crippen LogP contribution in [0.2, 0.25) is 0 Å². The lowest BCUT2D eigenvalue weighted by Gasteiger charge is -2.35. The van der Waals surface area contributed by atoms with Gasteiger partial charge in [-0.2, -0.15) is 0 Å². The van der Waals surface area contributed by atoms with Crippen LogP contribution in [0.3, 0.4) is 0 Å². The van der Waals surface area contributed by atoms with E-state index in [1.807, 2.05) is 13.8 Å². The maximum atomic E-state index is 14.0. The largest absolute Gasteiger partial charge is 0.376 e. The highest BCUT2D eigenvalue weighted by Gasteiger charge is 2.24. The molecule has 5 nitrogen and oxygen atoms in total. The minimum Gasteiger partial charge on any atom is -0.376 e. The Hall–Kier alpha value is -1.73. The summed E-state index contributed by atoms with van der Waals surface area (Å²) in [5.41, 5.74) is 0.494. The van der Waals surface area contributed by atoms with Gasteiger partial charge >= 0.3 is 0 Å². The third kappa shape index (κ3) is 6.64. The van der Waals surface area contributed by atoms with E-state index in [1.54, 1.807) is 0 Å². The number of piperidine rings is 1. The average Bonchev–Trinajstić information content (AvgIpc) is 2.76. The maximum absolute atomic E-state index is 14.0. The van der Waals surface area contributed by atoms with Crippen molar-refractivity contribution in [3.8, 4) is 0 Å². The van der Waals surface area contributed by atoms with Crippen LogP contribution in [0.4, 0.5) is 8.78 Å². The first kappa shape index (κ1) is 22.9. The molecule has 1 aromatic rings. The van der Waals surface area contributed by atoms with Crippen LogP contribution in [-0.4, -0.2) is 62.5 Å². The summed E-state index contributed by atoms with van der Waals surface area (Å²) in [7, 11) is 0. The van der Waals surface area contributed by atoms with Gasteiger partial charge in [0.2, 0.25) is 0 Å². The minimum absolute atomic E-state index is 0.129. The van der Waals surface area contributed by atoms with E-state index in [2.05, 4.69) is 10.2 Å². The number of aliphatic imine (C=N–C) groups is 1. The Labute approximate surface area is 178 Å². The third-order valence-corrected chi connectivity index (χ3v) is 5.88. The van der Waals surface area contributed by atoms with Gasteiger partial charge in [-0.05, 0) is 50.7 Å². The Bertz CT molecular complexity index is 687. The summed E-state index contributed by atoms with van der Waals surface area (Å²) in [6.07, 6.45) is 5.93. The molecule has 2 fully saturated rings. The molecule has 0 bridgehead atoms. The summed E-state index contributed by atoms with van der Waals surface area (Å²) in [6.45, 7) is 8.47. The summed E-state index contributed by atoms with van der Waals surface area (Å²) >= 11 is 0. The van der Waals surface area contributed by atoms with Gasteiger partial charge in [0.1, 0.15) is 11.6 Å². The molecule has 2 unspecified atom stereocenters. The van der Waals surface area contributed by atoms with Gasteiger partial charge in [0.05, 0.1) is 18.8 Å². The van der Waals surface area contributed by atoms with E-state index in [1.165, 1.54) is 18.6 Å². The lowest BCUT2D eigenvalue weighted by molar-refractivity contribution is -0.0721. The lowest BCUT2D eigenvalue weighted by Crippen LogP contribution is -2.47. The van der Waals surface area contributed by atoms with Gasteiger partial charge in [-0.25, -0.2) is 8.78 Å². The molecule has 2 heterocycles. The van der Waals surface area contributed by atoms with E-state index in [0.29, 0.717) is 18.7 Å². The first-order chi connectivity index (χ1) is 14.6. The van der Waals surface area contributed by atoms with Crippen molar-refractivity contribution >= 4 is 5.96 Å². The molecule has 0 radical (unpaired) electrons. The molecule has 1 N–H and O–H groups in total. The molecular formula is C23H35F2N3O2. The van der Waals surface area contributed by atoms with Crippen molar-refractivity contribution in [3.63, 3.8) is 0 Å². The quantitative estimate of drug-likeness (QED) is 0.530. The number of nitrogens with zero attached hydrogens (tertiary/aromatic N) is 2. The molecule has 7 heteroatoms. The molecule has 0 aromatic heterocycles. The van der Waals surface area contributed by atoms with Crippen molar-refractivity contribution in [1.82, 2.24) is 10.2 Å². The SMILES string of the molecule is CCNC(=NCC(C)c1ccc(F)cc1F)N1CCC(OCC2CCCCO2)CC1. The zero-order valence-corrected chi connectivity index (χ0v) is 18.2. The van der Waals surface area contributed by atoms with Crippen LogP contribution < -0.4 is 5.32 Å². The van der Waals surface area contributed by atoms with Crippen molar-refractivity contribution in [1.29, 1.82) is 0 Å². The monoisotopic (exact) mass is 423 g/mol. The number of rotatable bonds is 7. The Morgan fingerprint density at radius 1 is 1.27 bits per heavy atom. The Kier molecular flexibility index (Phi) is 8.88. The lowest BCUT2D eigenvalue weighted by atomic mass is 10.0. The first-order valence-corrected chi connectivity index (χ1v) is 11.3. The normalized spacial score (nSPS) is 22.2. The molecule has 2 atom stereocenters. The second-order valence-corrected chi connectivity index (χ2v) is 8.27. The Morgan fingerprint density at radius 3 is 2.73 bits per heavy atom. The molecule has 0 spiro atoms. The smallest absolute Gasteiger partial charge is 0.193 e. The molecule has 2 saturated heterocycles. The van der Waals surface area contributed by atoms with E-state index in [4.69, 9.17) is 14.5 Å². The van der Waals surface area contributed by atoms with Gasteiger partial charge in [-0.3, -0.25) is 4.99 Å². The number of halogens is 2. The molecule has 30 heavy (non-hydrogen) atoms. The Balaban J connectivity index is 1.49. The predicted molar refractivity (Wildman–Crippen MR) is 115 cm³/mol. The fourth-order valence-electron chi connectivity index (χ4n) is 4.07. The second kappa shape index (κ2) is 11.6. The average molecular weight is 424 g/mol. The molecule has 168 valence electrons. The van der Waals surface area contributed by atoms with Gasteiger partial charge in [0.25, 0.3) is 0 Å². The number of nitrogens with one attached hydrogen (secondary N) is 1. The highest BCUT2D eigenvalue weighted by atomic mass is 19.1. The van der Waals surface area contributed by atoms with Crippen LogP contribution in [0.1, 0.15) is 57.4 Å². The van der Waals surface area contributed by atoms with Crippen molar-refractivity contribution in [2.75, 3.05) is 39.4 Å². The van der Waals surface area contributed by atoms with Crippen molar-refractivity contribution in [3.05, 3.63) is 35.4 Å². The predicted octanol–water partition coefficient (Wildman–Crippen LogP) is 4.08. The summed E-state index contributed by atoms with van der Waals surface area (Å²) in [5, 5.41) is 3.34. The summed E-state index contributed by atoms with van der Waals surface area (Å²) in [4.78, 5) is 6.98. The fourth-order valence-corrected chi connectivity index (χ4v) is 4.07. The summed E-state index contributed by atoms with van der Waals surface area (Å²) in [5.74, 6) is -0.348. The maximum Gasteiger partial charge on any atom is 0.193 e. The van der Waals surface area contributed by atoms with Gasteiger partial charge < -0.3 is 19.7 Å². The van der Waals surface area contributed by atoms with Gasteiger partial charge in [0, 0.05) is 44.8 Å². The summed E-state index contributed by atoms with van der Waals surface area (Å²) < 4.78 is 39.1. The van der Waals surface area contributed by atoms with Crippen LogP contribution >= 0.6 is 0 Å². The van der Waals surface area contributed by atoms with Crippen molar-refractivity contribution in [2.24, 2.45) is 4.99 Å². The van der Waals surface area contributed by atoms with Crippen LogP contribution in [0.25, 0.3) is 0 Å². The van der Waals surface area contributed by atoms with E-state index >= 15 is 0 Å². The number of guanidine groups is 1. The molecular weight excluding hydrogens is 388 g/mol. The zero-order valence-electron chi connectivity index (χ0n) is 18.2. The number of likely N-dealkylation sites (tertiary alicyclic amines) is 1. The topological polar surface area (TPSA) is 46.1 Å². The van der Waals surface area contributed by atoms with E-state index in [0.717, 1.165) is 64.0 Å². The van der Waals surface area contributed by atoms with E-state index in [9.17, 15) is 8.78 Å². The first-order valence-electron chi connectivity index (χ1n) is 11.3. The van der Waals surface area contributed by atoms with Crippen LogP contribution in [0, 0.1) is 11.6 Å². The number of hydrogen-bond acceptors (Lipinski definition) is 3. The highest BCUT2D eigenvalue weighted by molar-refractivity contribution is 5.80. The van der Waals surface area contributed by atoms with Crippen LogP contribution in [0.15, 0.2) is 23.2 Å². The van der Waals surface area contributed by atoms with Crippen LogP contribution in [0.5, 0.6) is 0 Å². The molecule has 1 aromatic carbocycles. The van der Waals surface area contributed by atoms with Gasteiger partial charge in [-0.15, -0.1) is 0 Å².